The lowest BCUT2D eigenvalue weighted by molar-refractivity contribution is -0.389. The van der Waals surface area contributed by atoms with Gasteiger partial charge in [0.2, 0.25) is 0 Å². The predicted molar refractivity (Wildman–Crippen MR) is 53.6 cm³/mol. The zero-order valence-electron chi connectivity index (χ0n) is 7.59. The fourth-order valence-electron chi connectivity index (χ4n) is 0.920. The van der Waals surface area contributed by atoms with Crippen LogP contribution in [0.3, 0.4) is 0 Å². The van der Waals surface area contributed by atoms with Gasteiger partial charge in [0.1, 0.15) is 6.20 Å². The van der Waals surface area contributed by atoms with Gasteiger partial charge in [-0.15, -0.1) is 0 Å². The quantitative estimate of drug-likeness (QED) is 0.578. The Bertz CT molecular complexity index is 332. The first-order chi connectivity index (χ1) is 6.74. The Labute approximate surface area is 81.4 Å². The van der Waals surface area contributed by atoms with Gasteiger partial charge in [0.15, 0.2) is 0 Å². The second-order valence-corrected chi connectivity index (χ2v) is 2.69. The van der Waals surface area contributed by atoms with Crippen molar-refractivity contribution in [2.24, 2.45) is 5.73 Å². The smallest absolute Gasteiger partial charge is 0.358 e. The molecule has 0 bridgehead atoms. The average Bonchev–Trinajstić information content (AvgIpc) is 2.19. The number of hydrogen-bond donors (Lipinski definition) is 1. The molecule has 0 saturated carbocycles. The third-order valence-electron chi connectivity index (χ3n) is 1.60. The molecule has 1 rings (SSSR count). The van der Waals surface area contributed by atoms with Crippen molar-refractivity contribution in [3.63, 3.8) is 0 Å². The molecule has 0 saturated heterocycles. The number of hydrogen-bond acceptors (Lipinski definition) is 4. The van der Waals surface area contributed by atoms with Crippen LogP contribution in [0.4, 0.5) is 5.82 Å². The second kappa shape index (κ2) is 5.08. The van der Waals surface area contributed by atoms with E-state index in [4.69, 9.17) is 5.73 Å². The molecule has 1 aromatic rings. The van der Waals surface area contributed by atoms with E-state index in [-0.39, 0.29) is 5.82 Å². The summed E-state index contributed by atoms with van der Waals surface area (Å²) in [5, 5.41) is 10.3. The lowest BCUT2D eigenvalue weighted by Gasteiger charge is -1.91. The Balaban J connectivity index is 2.68. The predicted octanol–water partition coefficient (Wildman–Crippen LogP) is 1.35. The van der Waals surface area contributed by atoms with Crippen molar-refractivity contribution in [1.82, 2.24) is 4.98 Å². The van der Waals surface area contributed by atoms with Crippen LogP contribution >= 0.6 is 0 Å². The Hall–Kier alpha value is -1.75. The van der Waals surface area contributed by atoms with Crippen LogP contribution in [0, 0.1) is 10.1 Å². The van der Waals surface area contributed by atoms with Crippen LogP contribution in [0.15, 0.2) is 24.4 Å². The summed E-state index contributed by atoms with van der Waals surface area (Å²) in [4.78, 5) is 13.4. The highest BCUT2D eigenvalue weighted by Gasteiger charge is 2.03. The molecule has 0 atom stereocenters. The third kappa shape index (κ3) is 2.95. The normalized spacial score (nSPS) is 10.6. The molecule has 0 radical (unpaired) electrons. The van der Waals surface area contributed by atoms with Crippen LogP contribution in [0.2, 0.25) is 0 Å². The zero-order valence-corrected chi connectivity index (χ0v) is 7.59. The maximum atomic E-state index is 10.3. The van der Waals surface area contributed by atoms with Crippen LogP contribution in [-0.2, 0) is 0 Å². The Morgan fingerprint density at radius 1 is 1.57 bits per heavy atom. The molecule has 1 heterocycles. The molecule has 0 fully saturated rings. The van der Waals surface area contributed by atoms with Crippen molar-refractivity contribution < 1.29 is 4.92 Å². The lowest BCUT2D eigenvalue weighted by atomic mass is 10.2. The molecule has 74 valence electrons. The highest BCUT2D eigenvalue weighted by atomic mass is 16.6. The SMILES string of the molecule is NCCC=Cc1ccc([N+](=O)[O-])nc1. The van der Waals surface area contributed by atoms with E-state index in [0.717, 1.165) is 12.0 Å². The van der Waals surface area contributed by atoms with Crippen LogP contribution in [0.5, 0.6) is 0 Å². The molecule has 5 nitrogen and oxygen atoms in total. The van der Waals surface area contributed by atoms with Gasteiger partial charge in [-0.25, -0.2) is 0 Å². The fraction of sp³-hybridized carbons (Fsp3) is 0.222. The van der Waals surface area contributed by atoms with E-state index in [1.54, 1.807) is 6.07 Å². The number of nitro groups is 1. The molecule has 0 aliphatic heterocycles. The molecule has 0 aliphatic carbocycles. The zero-order chi connectivity index (χ0) is 10.4. The first-order valence-electron chi connectivity index (χ1n) is 4.21. The molecule has 0 amide bonds. The van der Waals surface area contributed by atoms with Crippen molar-refractivity contribution in [2.75, 3.05) is 6.54 Å². The third-order valence-corrected chi connectivity index (χ3v) is 1.60. The monoisotopic (exact) mass is 193 g/mol. The van der Waals surface area contributed by atoms with Crippen molar-refractivity contribution in [3.8, 4) is 0 Å². The van der Waals surface area contributed by atoms with E-state index in [2.05, 4.69) is 4.98 Å². The number of aromatic nitrogens is 1. The van der Waals surface area contributed by atoms with Gasteiger partial charge in [0.05, 0.1) is 0 Å². The minimum absolute atomic E-state index is 0.138. The summed E-state index contributed by atoms with van der Waals surface area (Å²) in [6.45, 7) is 0.594. The van der Waals surface area contributed by atoms with Crippen LogP contribution in [-0.4, -0.2) is 16.5 Å². The van der Waals surface area contributed by atoms with E-state index in [9.17, 15) is 10.1 Å². The van der Waals surface area contributed by atoms with E-state index in [0.29, 0.717) is 6.54 Å². The van der Waals surface area contributed by atoms with Gasteiger partial charge >= 0.3 is 5.82 Å². The summed E-state index contributed by atoms with van der Waals surface area (Å²) in [6, 6.07) is 3.03. The standard InChI is InChI=1S/C9H11N3O2/c10-6-2-1-3-8-4-5-9(11-7-8)12(13)14/h1,3-5,7H,2,6,10H2. The van der Waals surface area contributed by atoms with Crippen molar-refractivity contribution in [2.45, 2.75) is 6.42 Å². The molecular weight excluding hydrogens is 182 g/mol. The van der Waals surface area contributed by atoms with Crippen LogP contribution < -0.4 is 5.73 Å². The highest BCUT2D eigenvalue weighted by molar-refractivity contribution is 5.48. The van der Waals surface area contributed by atoms with E-state index >= 15 is 0 Å². The molecule has 5 heteroatoms. The van der Waals surface area contributed by atoms with Crippen molar-refractivity contribution in [3.05, 3.63) is 40.1 Å². The maximum absolute atomic E-state index is 10.3. The van der Waals surface area contributed by atoms with Gasteiger partial charge in [0.25, 0.3) is 0 Å². The second-order valence-electron chi connectivity index (χ2n) is 2.69. The van der Waals surface area contributed by atoms with E-state index in [1.165, 1.54) is 12.3 Å². The summed E-state index contributed by atoms with van der Waals surface area (Å²) in [5.74, 6) is -0.138. The summed E-state index contributed by atoms with van der Waals surface area (Å²) in [6.07, 6.45) is 5.99. The molecule has 1 aromatic heterocycles. The molecule has 14 heavy (non-hydrogen) atoms. The van der Waals surface area contributed by atoms with Gasteiger partial charge in [-0.2, -0.15) is 0 Å². The van der Waals surface area contributed by atoms with Crippen molar-refractivity contribution in [1.29, 1.82) is 0 Å². The largest absolute Gasteiger partial charge is 0.363 e. The van der Waals surface area contributed by atoms with Gasteiger partial charge in [-0.05, 0) is 28.9 Å². The minimum Gasteiger partial charge on any atom is -0.358 e. The average molecular weight is 193 g/mol. The Kier molecular flexibility index (Phi) is 3.75. The van der Waals surface area contributed by atoms with Crippen molar-refractivity contribution >= 4 is 11.9 Å². The molecule has 0 aromatic carbocycles. The number of pyridine rings is 1. The van der Waals surface area contributed by atoms with Gasteiger partial charge in [-0.3, -0.25) is 0 Å². The van der Waals surface area contributed by atoms with Gasteiger partial charge in [-0.1, -0.05) is 12.2 Å². The number of rotatable bonds is 4. The van der Waals surface area contributed by atoms with Gasteiger partial charge < -0.3 is 15.8 Å². The summed E-state index contributed by atoms with van der Waals surface area (Å²) in [5.41, 5.74) is 6.14. The lowest BCUT2D eigenvalue weighted by Crippen LogP contribution is -1.95. The van der Waals surface area contributed by atoms with Crippen LogP contribution in [0.25, 0.3) is 6.08 Å². The minimum atomic E-state index is -0.520. The molecule has 0 unspecified atom stereocenters. The van der Waals surface area contributed by atoms with E-state index in [1.807, 2.05) is 12.2 Å². The highest BCUT2D eigenvalue weighted by Crippen LogP contribution is 2.08. The topological polar surface area (TPSA) is 82.0 Å². The Morgan fingerprint density at radius 2 is 2.36 bits per heavy atom. The number of nitrogens with two attached hydrogens (primary N) is 1. The molecule has 0 aliphatic rings. The summed E-state index contributed by atoms with van der Waals surface area (Å²) >= 11 is 0. The molecule has 2 N–H and O–H groups in total. The summed E-state index contributed by atoms with van der Waals surface area (Å²) in [7, 11) is 0. The number of nitrogens with zero attached hydrogens (tertiary/aromatic N) is 2. The first-order valence-corrected chi connectivity index (χ1v) is 4.21. The van der Waals surface area contributed by atoms with Gasteiger partial charge in [0, 0.05) is 11.6 Å². The van der Waals surface area contributed by atoms with Crippen LogP contribution in [0.1, 0.15) is 12.0 Å². The molecular formula is C9H11N3O2. The first kappa shape index (κ1) is 10.3. The fourth-order valence-corrected chi connectivity index (χ4v) is 0.920. The van der Waals surface area contributed by atoms with E-state index < -0.39 is 4.92 Å². The Morgan fingerprint density at radius 3 is 2.86 bits per heavy atom. The summed E-state index contributed by atoms with van der Waals surface area (Å²) < 4.78 is 0. The maximum Gasteiger partial charge on any atom is 0.363 e. The molecule has 0 spiro atoms.